The van der Waals surface area contributed by atoms with E-state index in [0.717, 1.165) is 23.1 Å². The summed E-state index contributed by atoms with van der Waals surface area (Å²) >= 11 is 0. The minimum atomic E-state index is -0.455. The van der Waals surface area contributed by atoms with Crippen molar-refractivity contribution in [3.63, 3.8) is 0 Å². The molecule has 0 aliphatic carbocycles. The molecule has 0 bridgehead atoms. The predicted octanol–water partition coefficient (Wildman–Crippen LogP) is 4.29. The van der Waals surface area contributed by atoms with Crippen molar-refractivity contribution in [1.29, 1.82) is 0 Å². The zero-order chi connectivity index (χ0) is 19.8. The number of allylic oxidation sites excluding steroid dienone is 1. The molecule has 1 heterocycles. The number of methoxy groups -OCH3 is 2. The fraction of sp³-hybridized carbons (Fsp3) is 0.273. The lowest BCUT2D eigenvalue weighted by Crippen LogP contribution is -2.35. The molecule has 0 radical (unpaired) electrons. The summed E-state index contributed by atoms with van der Waals surface area (Å²) in [5, 5.41) is 3.78. The van der Waals surface area contributed by atoms with E-state index in [1.165, 1.54) is 0 Å². The Balaban J connectivity index is 1.51. The van der Waals surface area contributed by atoms with E-state index in [-0.39, 0.29) is 0 Å². The van der Waals surface area contributed by atoms with Gasteiger partial charge < -0.3 is 14.4 Å². The van der Waals surface area contributed by atoms with Crippen LogP contribution in [-0.2, 0) is 17.8 Å². The van der Waals surface area contributed by atoms with Gasteiger partial charge in [0.2, 0.25) is 0 Å². The average molecular weight is 380 g/mol. The third-order valence-corrected chi connectivity index (χ3v) is 4.53. The summed E-state index contributed by atoms with van der Waals surface area (Å²) in [5.74, 6) is 1.35. The van der Waals surface area contributed by atoms with Gasteiger partial charge in [-0.05, 0) is 35.2 Å². The topological polar surface area (TPSA) is 60.4 Å². The number of fused-ring (bicyclic) bond motifs is 1. The lowest BCUT2D eigenvalue weighted by atomic mass is 9.99. The molecule has 6 nitrogen and oxygen atoms in total. The van der Waals surface area contributed by atoms with Gasteiger partial charge in [-0.3, -0.25) is 4.84 Å². The first-order valence-corrected chi connectivity index (χ1v) is 9.14. The van der Waals surface area contributed by atoms with Crippen LogP contribution in [0.4, 0.5) is 4.79 Å². The molecule has 3 rings (SSSR count). The van der Waals surface area contributed by atoms with Crippen molar-refractivity contribution in [2.24, 2.45) is 5.16 Å². The molecule has 0 spiro atoms. The number of benzene rings is 2. The number of hydrogen-bond donors (Lipinski definition) is 0. The van der Waals surface area contributed by atoms with E-state index in [1.807, 2.05) is 54.6 Å². The molecule has 146 valence electrons. The van der Waals surface area contributed by atoms with Crippen LogP contribution in [-0.4, -0.2) is 38.0 Å². The second-order valence-corrected chi connectivity index (χ2v) is 6.34. The fourth-order valence-electron chi connectivity index (χ4n) is 3.05. The highest BCUT2D eigenvalue weighted by Crippen LogP contribution is 2.33. The summed E-state index contributed by atoms with van der Waals surface area (Å²) in [6.45, 7) is 1.03. The van der Waals surface area contributed by atoms with Crippen LogP contribution in [0.1, 0.15) is 23.1 Å². The number of oxime groups is 1. The lowest BCUT2D eigenvalue weighted by Gasteiger charge is -2.27. The summed E-state index contributed by atoms with van der Waals surface area (Å²) in [7, 11) is 3.21. The number of amides is 1. The van der Waals surface area contributed by atoms with Crippen LogP contribution in [0.5, 0.6) is 11.5 Å². The van der Waals surface area contributed by atoms with Crippen molar-refractivity contribution in [2.45, 2.75) is 19.4 Å². The summed E-state index contributed by atoms with van der Waals surface area (Å²) in [6.07, 6.45) is 6.39. The van der Waals surface area contributed by atoms with Crippen molar-refractivity contribution in [3.8, 4) is 11.5 Å². The molecule has 1 amide bonds. The molecule has 1 aliphatic heterocycles. The molecule has 28 heavy (non-hydrogen) atoms. The molecule has 1 aliphatic rings. The number of hydrogen-bond acceptors (Lipinski definition) is 5. The zero-order valence-corrected chi connectivity index (χ0v) is 16.1. The number of rotatable bonds is 6. The highest BCUT2D eigenvalue weighted by Gasteiger charge is 2.23. The molecule has 2 aromatic rings. The van der Waals surface area contributed by atoms with Crippen molar-refractivity contribution in [1.82, 2.24) is 4.90 Å². The van der Waals surface area contributed by atoms with Gasteiger partial charge in [0.05, 0.1) is 14.2 Å². The molecular weight excluding hydrogens is 356 g/mol. The Morgan fingerprint density at radius 1 is 1.11 bits per heavy atom. The summed E-state index contributed by atoms with van der Waals surface area (Å²) in [6, 6.07) is 13.9. The van der Waals surface area contributed by atoms with E-state index in [1.54, 1.807) is 25.3 Å². The normalized spacial score (nSPS) is 13.6. The Morgan fingerprint density at radius 2 is 1.82 bits per heavy atom. The molecule has 0 fully saturated rings. The van der Waals surface area contributed by atoms with Gasteiger partial charge in [-0.2, -0.15) is 0 Å². The lowest BCUT2D eigenvalue weighted by molar-refractivity contribution is 0.101. The highest BCUT2D eigenvalue weighted by molar-refractivity contribution is 5.70. The van der Waals surface area contributed by atoms with Gasteiger partial charge in [0.1, 0.15) is 0 Å². The second-order valence-electron chi connectivity index (χ2n) is 6.34. The predicted molar refractivity (Wildman–Crippen MR) is 109 cm³/mol. The first-order valence-electron chi connectivity index (χ1n) is 9.14. The van der Waals surface area contributed by atoms with Gasteiger partial charge >= 0.3 is 6.09 Å². The van der Waals surface area contributed by atoms with Crippen LogP contribution in [0, 0.1) is 0 Å². The van der Waals surface area contributed by atoms with Crippen LogP contribution < -0.4 is 9.47 Å². The minimum absolute atomic E-state index is 0.455. The fourth-order valence-corrected chi connectivity index (χ4v) is 3.05. The third kappa shape index (κ3) is 4.91. The quantitative estimate of drug-likeness (QED) is 0.426. The molecule has 0 aromatic heterocycles. The molecular formula is C22H24N2O4. The second kappa shape index (κ2) is 9.60. The van der Waals surface area contributed by atoms with Gasteiger partial charge in [0.25, 0.3) is 0 Å². The maximum atomic E-state index is 12.3. The SMILES string of the molecule is COc1cc2c(cc1OC)CN(C(=O)O/N=C/C/C=C/c1ccccc1)CC2. The van der Waals surface area contributed by atoms with Gasteiger partial charge in [0.15, 0.2) is 11.5 Å². The largest absolute Gasteiger partial charge is 0.493 e. The van der Waals surface area contributed by atoms with Gasteiger partial charge in [-0.25, -0.2) is 4.79 Å². The van der Waals surface area contributed by atoms with Crippen LogP contribution in [0.15, 0.2) is 53.7 Å². The standard InChI is InChI=1S/C22H24N2O4/c1-26-20-14-18-11-13-24(16-19(18)15-21(20)27-2)22(25)28-23-12-7-6-10-17-8-4-3-5-9-17/h3-6,8-10,12,14-15H,7,11,13,16H2,1-2H3/b10-6+,23-12+. The van der Waals surface area contributed by atoms with Gasteiger partial charge in [0, 0.05) is 25.7 Å². The Morgan fingerprint density at radius 3 is 2.54 bits per heavy atom. The maximum absolute atomic E-state index is 12.3. The van der Waals surface area contributed by atoms with E-state index in [2.05, 4.69) is 5.16 Å². The first-order chi connectivity index (χ1) is 13.7. The van der Waals surface area contributed by atoms with Crippen molar-refractivity contribution in [2.75, 3.05) is 20.8 Å². The molecule has 0 N–H and O–H groups in total. The van der Waals surface area contributed by atoms with Crippen LogP contribution >= 0.6 is 0 Å². The van der Waals surface area contributed by atoms with Gasteiger partial charge in [-0.15, -0.1) is 0 Å². The van der Waals surface area contributed by atoms with E-state index < -0.39 is 6.09 Å². The van der Waals surface area contributed by atoms with E-state index >= 15 is 0 Å². The number of carbonyl (C=O) groups is 1. The minimum Gasteiger partial charge on any atom is -0.493 e. The monoisotopic (exact) mass is 380 g/mol. The van der Waals surface area contributed by atoms with Crippen molar-refractivity contribution < 1.29 is 19.1 Å². The van der Waals surface area contributed by atoms with E-state index in [0.29, 0.717) is 31.0 Å². The highest BCUT2D eigenvalue weighted by atomic mass is 16.7. The zero-order valence-electron chi connectivity index (χ0n) is 16.1. The summed E-state index contributed by atoms with van der Waals surface area (Å²) in [5.41, 5.74) is 3.29. The van der Waals surface area contributed by atoms with Gasteiger partial charge in [-0.1, -0.05) is 47.6 Å². The van der Waals surface area contributed by atoms with Crippen LogP contribution in [0.3, 0.4) is 0 Å². The first kappa shape index (κ1) is 19.5. The molecule has 0 saturated carbocycles. The Kier molecular flexibility index (Phi) is 6.68. The summed E-state index contributed by atoms with van der Waals surface area (Å²) < 4.78 is 10.7. The summed E-state index contributed by atoms with van der Waals surface area (Å²) in [4.78, 5) is 18.9. The van der Waals surface area contributed by atoms with Crippen molar-refractivity contribution >= 4 is 18.4 Å². The third-order valence-electron chi connectivity index (χ3n) is 4.53. The van der Waals surface area contributed by atoms with Crippen LogP contribution in [0.25, 0.3) is 6.08 Å². The molecule has 6 heteroatoms. The Hall–Kier alpha value is -3.28. The molecule has 0 atom stereocenters. The van der Waals surface area contributed by atoms with E-state index in [4.69, 9.17) is 14.3 Å². The Labute approximate surface area is 165 Å². The number of carbonyl (C=O) groups excluding carboxylic acids is 1. The Bertz CT molecular complexity index is 862. The molecule has 0 saturated heterocycles. The van der Waals surface area contributed by atoms with Crippen LogP contribution in [0.2, 0.25) is 0 Å². The van der Waals surface area contributed by atoms with E-state index in [9.17, 15) is 4.79 Å². The molecule has 2 aromatic carbocycles. The number of ether oxygens (including phenoxy) is 2. The number of nitrogens with zero attached hydrogens (tertiary/aromatic N) is 2. The maximum Gasteiger partial charge on any atom is 0.436 e. The average Bonchev–Trinajstić information content (AvgIpc) is 2.75. The smallest absolute Gasteiger partial charge is 0.436 e. The molecule has 0 unspecified atom stereocenters. The van der Waals surface area contributed by atoms with Crippen molar-refractivity contribution in [3.05, 3.63) is 65.2 Å².